The fourth-order valence-corrected chi connectivity index (χ4v) is 6.01. The Morgan fingerprint density at radius 2 is 1.07 bits per heavy atom. The Labute approximate surface area is 232 Å². The molecule has 0 aliphatic carbocycles. The van der Waals surface area contributed by atoms with Crippen molar-refractivity contribution < 1.29 is 4.42 Å². The molecule has 0 N–H and O–H groups in total. The van der Waals surface area contributed by atoms with Crippen LogP contribution in [-0.2, 0) is 0 Å². The normalized spacial score (nSPS) is 11.5. The van der Waals surface area contributed by atoms with E-state index in [1.165, 1.54) is 27.3 Å². The maximum atomic E-state index is 6.23. The molecular formula is C38H25NO. The maximum Gasteiger partial charge on any atom is 0.136 e. The third-order valence-electron chi connectivity index (χ3n) is 7.84. The number of rotatable bonds is 4. The van der Waals surface area contributed by atoms with Crippen molar-refractivity contribution in [3.8, 4) is 11.1 Å². The molecule has 0 aliphatic heterocycles. The van der Waals surface area contributed by atoms with Crippen LogP contribution in [0.5, 0.6) is 0 Å². The summed E-state index contributed by atoms with van der Waals surface area (Å²) < 4.78 is 6.23. The average molecular weight is 512 g/mol. The van der Waals surface area contributed by atoms with E-state index in [4.69, 9.17) is 4.42 Å². The number of fused-ring (bicyclic) bond motifs is 5. The van der Waals surface area contributed by atoms with Gasteiger partial charge in [0.25, 0.3) is 0 Å². The maximum absolute atomic E-state index is 6.23. The van der Waals surface area contributed by atoms with E-state index in [-0.39, 0.29) is 0 Å². The van der Waals surface area contributed by atoms with Gasteiger partial charge in [0, 0.05) is 27.2 Å². The number of anilines is 3. The average Bonchev–Trinajstić information content (AvgIpc) is 3.39. The number of nitrogens with zero attached hydrogens (tertiary/aromatic N) is 1. The molecule has 0 atom stereocenters. The molecule has 0 saturated carbocycles. The smallest absolute Gasteiger partial charge is 0.136 e. The molecule has 7 aromatic carbocycles. The number of furan rings is 1. The predicted octanol–water partition coefficient (Wildman–Crippen LogP) is 11.0. The quantitative estimate of drug-likeness (QED) is 0.234. The van der Waals surface area contributed by atoms with Crippen molar-refractivity contribution in [3.63, 3.8) is 0 Å². The first-order chi connectivity index (χ1) is 19.8. The molecular weight excluding hydrogens is 486 g/mol. The Morgan fingerprint density at radius 3 is 1.90 bits per heavy atom. The Hall–Kier alpha value is -5.34. The van der Waals surface area contributed by atoms with Crippen LogP contribution in [0.25, 0.3) is 54.6 Å². The molecule has 0 radical (unpaired) electrons. The van der Waals surface area contributed by atoms with Gasteiger partial charge < -0.3 is 9.32 Å². The summed E-state index contributed by atoms with van der Waals surface area (Å²) in [5, 5.41) is 7.04. The van der Waals surface area contributed by atoms with Crippen LogP contribution in [0.1, 0.15) is 0 Å². The van der Waals surface area contributed by atoms with Crippen molar-refractivity contribution >= 4 is 60.5 Å². The van der Waals surface area contributed by atoms with E-state index in [1.54, 1.807) is 0 Å². The second-order valence-electron chi connectivity index (χ2n) is 10.2. The molecule has 8 rings (SSSR count). The number of para-hydroxylation sites is 2. The summed E-state index contributed by atoms with van der Waals surface area (Å²) in [6, 6.07) is 53.8. The molecule has 0 saturated heterocycles. The van der Waals surface area contributed by atoms with E-state index in [9.17, 15) is 0 Å². The van der Waals surface area contributed by atoms with Crippen molar-refractivity contribution in [1.29, 1.82) is 0 Å². The van der Waals surface area contributed by atoms with Crippen LogP contribution in [0.2, 0.25) is 0 Å². The molecule has 188 valence electrons. The summed E-state index contributed by atoms with van der Waals surface area (Å²) in [6.45, 7) is 0. The molecule has 1 heterocycles. The van der Waals surface area contributed by atoms with Gasteiger partial charge in [0.15, 0.2) is 0 Å². The largest absolute Gasteiger partial charge is 0.456 e. The molecule has 1 aromatic heterocycles. The van der Waals surface area contributed by atoms with Crippen LogP contribution in [0.3, 0.4) is 0 Å². The van der Waals surface area contributed by atoms with Gasteiger partial charge in [0.2, 0.25) is 0 Å². The van der Waals surface area contributed by atoms with Crippen LogP contribution in [0.15, 0.2) is 156 Å². The van der Waals surface area contributed by atoms with E-state index < -0.39 is 0 Å². The zero-order valence-electron chi connectivity index (χ0n) is 21.8. The fraction of sp³-hybridized carbons (Fsp3) is 0. The first kappa shape index (κ1) is 22.6. The molecule has 2 heteroatoms. The summed E-state index contributed by atoms with van der Waals surface area (Å²) in [7, 11) is 0. The summed E-state index contributed by atoms with van der Waals surface area (Å²) >= 11 is 0. The van der Waals surface area contributed by atoms with Gasteiger partial charge in [-0.3, -0.25) is 0 Å². The van der Waals surface area contributed by atoms with E-state index in [2.05, 4.69) is 144 Å². The molecule has 2 nitrogen and oxygen atoms in total. The minimum absolute atomic E-state index is 0.912. The highest BCUT2D eigenvalue weighted by Gasteiger charge is 2.20. The van der Waals surface area contributed by atoms with Gasteiger partial charge in [0.1, 0.15) is 11.2 Å². The second-order valence-corrected chi connectivity index (χ2v) is 10.2. The lowest BCUT2D eigenvalue weighted by atomic mass is 9.96. The first-order valence-corrected chi connectivity index (χ1v) is 13.6. The Balaban J connectivity index is 1.43. The van der Waals surface area contributed by atoms with E-state index in [1.807, 2.05) is 12.1 Å². The summed E-state index contributed by atoms with van der Waals surface area (Å²) in [4.78, 5) is 2.40. The number of hydrogen-bond donors (Lipinski definition) is 0. The summed E-state index contributed by atoms with van der Waals surface area (Å²) in [6.07, 6.45) is 0. The van der Waals surface area contributed by atoms with Crippen LogP contribution in [0.4, 0.5) is 17.1 Å². The fourth-order valence-electron chi connectivity index (χ4n) is 6.01. The summed E-state index contributed by atoms with van der Waals surface area (Å²) in [5.41, 5.74) is 7.67. The minimum atomic E-state index is 0.912. The number of hydrogen-bond acceptors (Lipinski definition) is 2. The SMILES string of the molecule is c1ccc(-c2ccc(N(c3ccccc3)c3cccc4cc5oc6ccccc6c5cc34)c3ccccc23)cc1. The van der Waals surface area contributed by atoms with E-state index in [0.29, 0.717) is 0 Å². The van der Waals surface area contributed by atoms with Crippen molar-refractivity contribution in [3.05, 3.63) is 152 Å². The van der Waals surface area contributed by atoms with Crippen molar-refractivity contribution in [2.75, 3.05) is 4.90 Å². The Kier molecular flexibility index (Phi) is 5.17. The standard InChI is InChI=1S/C38H25NO/c1-3-12-26(13-4-1)29-22-23-36(31-18-8-7-17-30(29)31)39(28-15-5-2-6-16-28)35-20-11-14-27-24-38-34(25-33(27)35)32-19-9-10-21-37(32)40-38/h1-25H. The highest BCUT2D eigenvalue weighted by molar-refractivity contribution is 6.14. The second kappa shape index (κ2) is 9.14. The molecule has 40 heavy (non-hydrogen) atoms. The van der Waals surface area contributed by atoms with Crippen molar-refractivity contribution in [2.24, 2.45) is 0 Å². The van der Waals surface area contributed by atoms with E-state index >= 15 is 0 Å². The highest BCUT2D eigenvalue weighted by Crippen LogP contribution is 2.45. The number of benzene rings is 7. The third kappa shape index (κ3) is 3.58. The minimum Gasteiger partial charge on any atom is -0.456 e. The Morgan fingerprint density at radius 1 is 0.400 bits per heavy atom. The lowest BCUT2D eigenvalue weighted by molar-refractivity contribution is 0.669. The lowest BCUT2D eigenvalue weighted by Crippen LogP contribution is -2.11. The van der Waals surface area contributed by atoms with Gasteiger partial charge in [-0.1, -0.05) is 109 Å². The van der Waals surface area contributed by atoms with Gasteiger partial charge >= 0.3 is 0 Å². The highest BCUT2D eigenvalue weighted by atomic mass is 16.3. The zero-order chi connectivity index (χ0) is 26.5. The monoisotopic (exact) mass is 511 g/mol. The van der Waals surface area contributed by atoms with Crippen LogP contribution in [0, 0.1) is 0 Å². The molecule has 8 aromatic rings. The van der Waals surface area contributed by atoms with Crippen LogP contribution < -0.4 is 4.90 Å². The molecule has 0 fully saturated rings. The van der Waals surface area contributed by atoms with E-state index in [0.717, 1.165) is 44.4 Å². The van der Waals surface area contributed by atoms with Gasteiger partial charge in [0.05, 0.1) is 11.4 Å². The molecule has 0 amide bonds. The lowest BCUT2D eigenvalue weighted by Gasteiger charge is -2.28. The van der Waals surface area contributed by atoms with Gasteiger partial charge in [-0.2, -0.15) is 0 Å². The first-order valence-electron chi connectivity index (χ1n) is 13.6. The predicted molar refractivity (Wildman–Crippen MR) is 169 cm³/mol. The van der Waals surface area contributed by atoms with Crippen molar-refractivity contribution in [2.45, 2.75) is 0 Å². The van der Waals surface area contributed by atoms with Gasteiger partial charge in [-0.25, -0.2) is 0 Å². The third-order valence-corrected chi connectivity index (χ3v) is 7.84. The van der Waals surface area contributed by atoms with Gasteiger partial charge in [-0.05, 0) is 64.4 Å². The van der Waals surface area contributed by atoms with Crippen LogP contribution in [-0.4, -0.2) is 0 Å². The summed E-state index contributed by atoms with van der Waals surface area (Å²) in [5.74, 6) is 0. The van der Waals surface area contributed by atoms with Crippen LogP contribution >= 0.6 is 0 Å². The topological polar surface area (TPSA) is 16.4 Å². The molecule has 0 aliphatic rings. The van der Waals surface area contributed by atoms with Gasteiger partial charge in [-0.15, -0.1) is 0 Å². The zero-order valence-corrected chi connectivity index (χ0v) is 21.8. The molecule has 0 bridgehead atoms. The Bertz CT molecular complexity index is 2160. The molecule has 0 unspecified atom stereocenters. The molecule has 0 spiro atoms. The van der Waals surface area contributed by atoms with Crippen molar-refractivity contribution in [1.82, 2.24) is 0 Å².